The van der Waals surface area contributed by atoms with Gasteiger partial charge in [0.1, 0.15) is 6.61 Å². The number of carbonyl (C=O) groups excluding carboxylic acids is 1. The van der Waals surface area contributed by atoms with Gasteiger partial charge in [-0.1, -0.05) is 17.7 Å². The summed E-state index contributed by atoms with van der Waals surface area (Å²) in [6, 6.07) is 6.14. The molecule has 0 spiro atoms. The molecule has 2 heterocycles. The zero-order valence-corrected chi connectivity index (χ0v) is 13.0. The van der Waals surface area contributed by atoms with Gasteiger partial charge >= 0.3 is 6.18 Å². The number of pyridine rings is 1. The van der Waals surface area contributed by atoms with Crippen LogP contribution in [0.1, 0.15) is 22.7 Å². The molecule has 3 rings (SSSR count). The van der Waals surface area contributed by atoms with Crippen molar-refractivity contribution in [1.29, 1.82) is 0 Å². The SMILES string of the molecule is O=C(Cc1ccc(C(F)(F)F)cc1Cl)NC1COc2ncccc21. The fourth-order valence-electron chi connectivity index (χ4n) is 2.45. The van der Waals surface area contributed by atoms with Crippen molar-refractivity contribution in [2.75, 3.05) is 6.61 Å². The second-order valence-electron chi connectivity index (χ2n) is 5.31. The Morgan fingerprint density at radius 2 is 2.17 bits per heavy atom. The van der Waals surface area contributed by atoms with E-state index in [0.29, 0.717) is 11.4 Å². The van der Waals surface area contributed by atoms with Crippen molar-refractivity contribution >= 4 is 17.5 Å². The predicted molar refractivity (Wildman–Crippen MR) is 80.8 cm³/mol. The van der Waals surface area contributed by atoms with Crippen LogP contribution in [0.15, 0.2) is 36.5 Å². The maximum atomic E-state index is 12.6. The molecule has 1 aromatic heterocycles. The van der Waals surface area contributed by atoms with E-state index in [1.54, 1.807) is 18.3 Å². The highest BCUT2D eigenvalue weighted by atomic mass is 35.5. The van der Waals surface area contributed by atoms with E-state index in [1.165, 1.54) is 6.07 Å². The van der Waals surface area contributed by atoms with Gasteiger partial charge in [0.2, 0.25) is 11.8 Å². The quantitative estimate of drug-likeness (QED) is 0.915. The summed E-state index contributed by atoms with van der Waals surface area (Å²) in [6.07, 6.45) is -3.00. The summed E-state index contributed by atoms with van der Waals surface area (Å²) < 4.78 is 43.2. The van der Waals surface area contributed by atoms with Gasteiger partial charge in [-0.25, -0.2) is 4.98 Å². The highest BCUT2D eigenvalue weighted by Crippen LogP contribution is 2.32. The number of amides is 1. The summed E-state index contributed by atoms with van der Waals surface area (Å²) in [5.74, 6) is 0.109. The molecule has 126 valence electrons. The minimum absolute atomic E-state index is 0.0929. The molecule has 1 unspecified atom stereocenters. The first-order chi connectivity index (χ1) is 11.3. The lowest BCUT2D eigenvalue weighted by Gasteiger charge is -2.13. The summed E-state index contributed by atoms with van der Waals surface area (Å²) in [4.78, 5) is 16.2. The van der Waals surface area contributed by atoms with Gasteiger partial charge in [0, 0.05) is 16.8 Å². The van der Waals surface area contributed by atoms with Gasteiger partial charge in [-0.15, -0.1) is 0 Å². The highest BCUT2D eigenvalue weighted by molar-refractivity contribution is 6.31. The number of aromatic nitrogens is 1. The molecule has 1 aromatic carbocycles. The van der Waals surface area contributed by atoms with E-state index in [0.717, 1.165) is 17.7 Å². The topological polar surface area (TPSA) is 51.2 Å². The van der Waals surface area contributed by atoms with Crippen molar-refractivity contribution in [1.82, 2.24) is 10.3 Å². The van der Waals surface area contributed by atoms with E-state index < -0.39 is 11.7 Å². The van der Waals surface area contributed by atoms with Gasteiger partial charge in [0.25, 0.3) is 0 Å². The minimum atomic E-state index is -4.47. The standard InChI is InChI=1S/C16H12ClF3N2O2/c17-12-7-10(16(18,19)20)4-3-9(12)6-14(23)22-13-8-24-15-11(13)2-1-5-21-15/h1-5,7,13H,6,8H2,(H,22,23). The van der Waals surface area contributed by atoms with Crippen LogP contribution >= 0.6 is 11.6 Å². The Morgan fingerprint density at radius 1 is 1.38 bits per heavy atom. The fraction of sp³-hybridized carbons (Fsp3) is 0.250. The number of fused-ring (bicyclic) bond motifs is 1. The average molecular weight is 357 g/mol. The molecule has 8 heteroatoms. The molecule has 0 fully saturated rings. The van der Waals surface area contributed by atoms with Gasteiger partial charge < -0.3 is 10.1 Å². The van der Waals surface area contributed by atoms with E-state index in [1.807, 2.05) is 0 Å². The van der Waals surface area contributed by atoms with Crippen molar-refractivity contribution in [2.24, 2.45) is 0 Å². The third-order valence-corrected chi connectivity index (χ3v) is 3.98. The number of rotatable bonds is 3. The van der Waals surface area contributed by atoms with Gasteiger partial charge in [0.05, 0.1) is 18.0 Å². The maximum absolute atomic E-state index is 12.6. The molecule has 1 atom stereocenters. The molecule has 0 bridgehead atoms. The number of alkyl halides is 3. The lowest BCUT2D eigenvalue weighted by Crippen LogP contribution is -2.30. The van der Waals surface area contributed by atoms with Gasteiger partial charge in [-0.05, 0) is 29.8 Å². The van der Waals surface area contributed by atoms with Crippen LogP contribution < -0.4 is 10.1 Å². The van der Waals surface area contributed by atoms with Crippen LogP contribution in [0, 0.1) is 0 Å². The molecule has 0 saturated heterocycles. The number of nitrogens with zero attached hydrogens (tertiary/aromatic N) is 1. The molecule has 1 aliphatic heterocycles. The number of nitrogens with one attached hydrogen (secondary N) is 1. The Labute approximate surface area is 140 Å². The summed E-state index contributed by atoms with van der Waals surface area (Å²) in [6.45, 7) is 0.263. The number of halogens is 4. The van der Waals surface area contributed by atoms with Crippen molar-refractivity contribution < 1.29 is 22.7 Å². The minimum Gasteiger partial charge on any atom is -0.475 e. The summed E-state index contributed by atoms with van der Waals surface area (Å²) in [7, 11) is 0. The monoisotopic (exact) mass is 356 g/mol. The molecule has 2 aromatic rings. The Balaban J connectivity index is 1.68. The Hall–Kier alpha value is -2.28. The smallest absolute Gasteiger partial charge is 0.416 e. The van der Waals surface area contributed by atoms with E-state index in [9.17, 15) is 18.0 Å². The Morgan fingerprint density at radius 3 is 2.88 bits per heavy atom. The second-order valence-corrected chi connectivity index (χ2v) is 5.72. The number of benzene rings is 1. The first-order valence-electron chi connectivity index (χ1n) is 7.07. The molecular weight excluding hydrogens is 345 g/mol. The van der Waals surface area contributed by atoms with Crippen molar-refractivity contribution in [3.63, 3.8) is 0 Å². The first kappa shape index (κ1) is 16.6. The van der Waals surface area contributed by atoms with Crippen LogP contribution in [0.4, 0.5) is 13.2 Å². The maximum Gasteiger partial charge on any atom is 0.416 e. The third kappa shape index (κ3) is 3.46. The van der Waals surface area contributed by atoms with E-state index in [2.05, 4.69) is 10.3 Å². The molecule has 1 N–H and O–H groups in total. The van der Waals surface area contributed by atoms with Gasteiger partial charge in [0.15, 0.2) is 0 Å². The molecule has 0 saturated carbocycles. The number of carbonyl (C=O) groups is 1. The van der Waals surface area contributed by atoms with Crippen LogP contribution in [0.2, 0.25) is 5.02 Å². The Bertz CT molecular complexity index is 780. The Kier molecular flexibility index (Phi) is 4.36. The zero-order valence-electron chi connectivity index (χ0n) is 12.2. The zero-order chi connectivity index (χ0) is 17.3. The third-order valence-electron chi connectivity index (χ3n) is 3.63. The lowest BCUT2D eigenvalue weighted by atomic mass is 10.1. The second kappa shape index (κ2) is 6.32. The largest absolute Gasteiger partial charge is 0.475 e. The van der Waals surface area contributed by atoms with Crippen LogP contribution in [0.3, 0.4) is 0 Å². The molecule has 24 heavy (non-hydrogen) atoms. The molecule has 4 nitrogen and oxygen atoms in total. The predicted octanol–water partition coefficient (Wildman–Crippen LogP) is 3.55. The molecule has 1 aliphatic rings. The van der Waals surface area contributed by atoms with Crippen LogP contribution in [-0.2, 0) is 17.4 Å². The van der Waals surface area contributed by atoms with Gasteiger partial charge in [-0.3, -0.25) is 4.79 Å². The fourth-order valence-corrected chi connectivity index (χ4v) is 2.69. The number of hydrogen-bond donors (Lipinski definition) is 1. The summed E-state index contributed by atoms with van der Waals surface area (Å²) in [5, 5.41) is 2.68. The average Bonchev–Trinajstić information content (AvgIpc) is 2.91. The molecule has 1 amide bonds. The van der Waals surface area contributed by atoms with E-state index in [-0.39, 0.29) is 30.0 Å². The molecule has 0 aliphatic carbocycles. The van der Waals surface area contributed by atoms with E-state index >= 15 is 0 Å². The highest BCUT2D eigenvalue weighted by Gasteiger charge is 2.31. The molecular formula is C16H12ClF3N2O2. The number of hydrogen-bond acceptors (Lipinski definition) is 3. The molecule has 0 radical (unpaired) electrons. The van der Waals surface area contributed by atoms with Crippen molar-refractivity contribution in [3.8, 4) is 5.88 Å². The van der Waals surface area contributed by atoms with Crippen molar-refractivity contribution in [2.45, 2.75) is 18.6 Å². The number of ether oxygens (including phenoxy) is 1. The van der Waals surface area contributed by atoms with Gasteiger partial charge in [-0.2, -0.15) is 13.2 Å². The summed E-state index contributed by atoms with van der Waals surface area (Å²) >= 11 is 5.86. The lowest BCUT2D eigenvalue weighted by molar-refractivity contribution is -0.137. The summed E-state index contributed by atoms with van der Waals surface area (Å²) in [5.41, 5.74) is 0.248. The normalized spacial score (nSPS) is 16.4. The van der Waals surface area contributed by atoms with Crippen molar-refractivity contribution in [3.05, 3.63) is 58.2 Å². The van der Waals surface area contributed by atoms with E-state index in [4.69, 9.17) is 16.3 Å². The first-order valence-corrected chi connectivity index (χ1v) is 7.45. The van der Waals surface area contributed by atoms with Crippen LogP contribution in [0.25, 0.3) is 0 Å². The van der Waals surface area contributed by atoms with Crippen LogP contribution in [-0.4, -0.2) is 17.5 Å². The van der Waals surface area contributed by atoms with Crippen LogP contribution in [0.5, 0.6) is 5.88 Å².